The molecule has 0 aromatic carbocycles. The van der Waals surface area contributed by atoms with E-state index >= 15 is 0 Å². The van der Waals surface area contributed by atoms with E-state index in [2.05, 4.69) is 32.6 Å². The first-order valence-electron chi connectivity index (χ1n) is 4.87. The Morgan fingerprint density at radius 2 is 1.91 bits per heavy atom. The maximum atomic E-state index is 2.61. The summed E-state index contributed by atoms with van der Waals surface area (Å²) in [5.41, 5.74) is 0. The highest BCUT2D eigenvalue weighted by atomic mass is 15.2. The van der Waals surface area contributed by atoms with Crippen molar-refractivity contribution in [2.45, 2.75) is 52.6 Å². The number of nitrogens with zero attached hydrogens (tertiary/aromatic N) is 1. The first kappa shape index (κ1) is 9.05. The van der Waals surface area contributed by atoms with E-state index in [1.54, 1.807) is 0 Å². The first-order chi connectivity index (χ1) is 5.11. The zero-order valence-electron chi connectivity index (χ0n) is 8.30. The van der Waals surface area contributed by atoms with Crippen LogP contribution in [0.4, 0.5) is 0 Å². The lowest BCUT2D eigenvalue weighted by Crippen LogP contribution is -2.51. The Labute approximate surface area is 70.8 Å². The topological polar surface area (TPSA) is 3.24 Å². The molecule has 1 atom stereocenters. The molecule has 0 N–H and O–H groups in total. The second-order valence-corrected chi connectivity index (χ2v) is 4.40. The first-order valence-corrected chi connectivity index (χ1v) is 4.87. The van der Waals surface area contributed by atoms with Gasteiger partial charge in [-0.15, -0.1) is 0 Å². The van der Waals surface area contributed by atoms with Crippen LogP contribution in [0.1, 0.15) is 40.5 Å². The van der Waals surface area contributed by atoms with Gasteiger partial charge in [0.15, 0.2) is 0 Å². The summed E-state index contributed by atoms with van der Waals surface area (Å²) in [6.45, 7) is 10.6. The molecule has 1 aliphatic rings. The van der Waals surface area contributed by atoms with Crippen LogP contribution in [0.25, 0.3) is 0 Å². The monoisotopic (exact) mass is 155 g/mol. The number of hydrogen-bond acceptors (Lipinski definition) is 1. The molecule has 0 amide bonds. The number of likely N-dealkylation sites (tertiary alicyclic amines) is 1. The van der Waals surface area contributed by atoms with E-state index in [4.69, 9.17) is 0 Å². The molecule has 1 heteroatoms. The van der Waals surface area contributed by atoms with Crippen LogP contribution in [0.2, 0.25) is 0 Å². The van der Waals surface area contributed by atoms with Crippen LogP contribution < -0.4 is 0 Å². The Kier molecular flexibility index (Phi) is 2.94. The Morgan fingerprint density at radius 1 is 1.27 bits per heavy atom. The van der Waals surface area contributed by atoms with E-state index in [1.165, 1.54) is 19.4 Å². The van der Waals surface area contributed by atoms with E-state index in [1.807, 2.05) is 0 Å². The second kappa shape index (κ2) is 3.57. The third kappa shape index (κ3) is 2.19. The van der Waals surface area contributed by atoms with Gasteiger partial charge in [-0.3, -0.25) is 4.90 Å². The van der Waals surface area contributed by atoms with Crippen LogP contribution in [-0.2, 0) is 0 Å². The highest BCUT2D eigenvalue weighted by Gasteiger charge is 2.29. The van der Waals surface area contributed by atoms with Crippen LogP contribution in [0.15, 0.2) is 0 Å². The maximum absolute atomic E-state index is 2.61. The van der Waals surface area contributed by atoms with E-state index < -0.39 is 0 Å². The molecule has 1 saturated heterocycles. The van der Waals surface area contributed by atoms with Crippen LogP contribution in [0.3, 0.4) is 0 Å². The zero-order valence-corrected chi connectivity index (χ0v) is 8.30. The van der Waals surface area contributed by atoms with Gasteiger partial charge in [0.05, 0.1) is 0 Å². The van der Waals surface area contributed by atoms with Gasteiger partial charge in [0, 0.05) is 18.6 Å². The molecule has 0 saturated carbocycles. The summed E-state index contributed by atoms with van der Waals surface area (Å²) in [7, 11) is 0. The molecule has 11 heavy (non-hydrogen) atoms. The lowest BCUT2D eigenvalue weighted by molar-refractivity contribution is 0.0428. The van der Waals surface area contributed by atoms with Crippen molar-refractivity contribution in [1.29, 1.82) is 0 Å². The smallest absolute Gasteiger partial charge is 0.0113 e. The zero-order chi connectivity index (χ0) is 8.43. The molecule has 1 aliphatic heterocycles. The minimum atomic E-state index is 0.757. The third-order valence-electron chi connectivity index (χ3n) is 2.60. The van der Waals surface area contributed by atoms with Crippen molar-refractivity contribution in [3.05, 3.63) is 0 Å². The Balaban J connectivity index is 2.26. The number of rotatable bonds is 3. The van der Waals surface area contributed by atoms with Crippen LogP contribution in [-0.4, -0.2) is 23.5 Å². The van der Waals surface area contributed by atoms with E-state index in [0.717, 1.165) is 18.0 Å². The number of hydrogen-bond donors (Lipinski definition) is 0. The average Bonchev–Trinajstić information content (AvgIpc) is 1.78. The van der Waals surface area contributed by atoms with Crippen LogP contribution >= 0.6 is 0 Å². The van der Waals surface area contributed by atoms with Gasteiger partial charge in [-0.05, 0) is 32.6 Å². The van der Waals surface area contributed by atoms with Crippen molar-refractivity contribution in [3.8, 4) is 0 Å². The van der Waals surface area contributed by atoms with Crippen LogP contribution in [0, 0.1) is 5.92 Å². The highest BCUT2D eigenvalue weighted by molar-refractivity contribution is 4.85. The SMILES string of the molecule is CC(C)C[C@@H]1CCN1C(C)C. The molecular weight excluding hydrogens is 134 g/mol. The summed E-state index contributed by atoms with van der Waals surface area (Å²) >= 11 is 0. The Hall–Kier alpha value is -0.0400. The maximum Gasteiger partial charge on any atom is 0.0113 e. The van der Waals surface area contributed by atoms with Gasteiger partial charge in [0.1, 0.15) is 0 Å². The van der Waals surface area contributed by atoms with Gasteiger partial charge in [-0.2, -0.15) is 0 Å². The summed E-state index contributed by atoms with van der Waals surface area (Å²) in [4.78, 5) is 2.61. The molecule has 1 rings (SSSR count). The minimum Gasteiger partial charge on any atom is -0.298 e. The molecule has 0 bridgehead atoms. The minimum absolute atomic E-state index is 0.757. The normalized spacial score (nSPS) is 26.2. The summed E-state index contributed by atoms with van der Waals surface area (Å²) in [6.07, 6.45) is 2.81. The summed E-state index contributed by atoms with van der Waals surface area (Å²) in [6, 6.07) is 1.66. The molecular formula is C10H21N. The van der Waals surface area contributed by atoms with Gasteiger partial charge in [-0.25, -0.2) is 0 Å². The van der Waals surface area contributed by atoms with Gasteiger partial charge in [0.25, 0.3) is 0 Å². The fourth-order valence-corrected chi connectivity index (χ4v) is 1.94. The van der Waals surface area contributed by atoms with Gasteiger partial charge in [0.2, 0.25) is 0 Å². The Morgan fingerprint density at radius 3 is 2.18 bits per heavy atom. The third-order valence-corrected chi connectivity index (χ3v) is 2.60. The van der Waals surface area contributed by atoms with Crippen molar-refractivity contribution in [1.82, 2.24) is 4.90 Å². The van der Waals surface area contributed by atoms with Crippen molar-refractivity contribution >= 4 is 0 Å². The highest BCUT2D eigenvalue weighted by Crippen LogP contribution is 2.25. The molecule has 0 unspecified atom stereocenters. The molecule has 0 radical (unpaired) electrons. The molecule has 0 spiro atoms. The molecule has 0 aliphatic carbocycles. The summed E-state index contributed by atoms with van der Waals surface area (Å²) in [5.74, 6) is 0.863. The molecule has 0 aromatic rings. The standard InChI is InChI=1S/C10H21N/c1-8(2)7-10-5-6-11(10)9(3)4/h8-10H,5-7H2,1-4H3/t10-/m0/s1. The molecule has 66 valence electrons. The molecule has 0 aromatic heterocycles. The van der Waals surface area contributed by atoms with Gasteiger partial charge in [-0.1, -0.05) is 13.8 Å². The predicted octanol–water partition coefficient (Wildman–Crippen LogP) is 2.52. The molecule has 1 heterocycles. The lowest BCUT2D eigenvalue weighted by atomic mass is 9.92. The Bertz CT molecular complexity index is 118. The van der Waals surface area contributed by atoms with E-state index in [-0.39, 0.29) is 0 Å². The van der Waals surface area contributed by atoms with Crippen molar-refractivity contribution in [2.75, 3.05) is 6.54 Å². The average molecular weight is 155 g/mol. The van der Waals surface area contributed by atoms with E-state index in [0.29, 0.717) is 0 Å². The van der Waals surface area contributed by atoms with Crippen LogP contribution in [0.5, 0.6) is 0 Å². The van der Waals surface area contributed by atoms with Gasteiger partial charge < -0.3 is 0 Å². The van der Waals surface area contributed by atoms with Crippen molar-refractivity contribution < 1.29 is 0 Å². The summed E-state index contributed by atoms with van der Waals surface area (Å²) in [5, 5.41) is 0. The summed E-state index contributed by atoms with van der Waals surface area (Å²) < 4.78 is 0. The fraction of sp³-hybridized carbons (Fsp3) is 1.00. The second-order valence-electron chi connectivity index (χ2n) is 4.40. The largest absolute Gasteiger partial charge is 0.298 e. The van der Waals surface area contributed by atoms with Gasteiger partial charge >= 0.3 is 0 Å². The van der Waals surface area contributed by atoms with E-state index in [9.17, 15) is 0 Å². The quantitative estimate of drug-likeness (QED) is 0.605. The van der Waals surface area contributed by atoms with Crippen molar-refractivity contribution in [3.63, 3.8) is 0 Å². The molecule has 1 nitrogen and oxygen atoms in total. The van der Waals surface area contributed by atoms with Crippen molar-refractivity contribution in [2.24, 2.45) is 5.92 Å². The fourth-order valence-electron chi connectivity index (χ4n) is 1.94. The lowest BCUT2D eigenvalue weighted by Gasteiger charge is -2.44. The molecule has 1 fully saturated rings. The predicted molar refractivity (Wildman–Crippen MR) is 49.7 cm³/mol.